The zero-order valence-electron chi connectivity index (χ0n) is 15.1. The molecule has 0 spiro atoms. The van der Waals surface area contributed by atoms with E-state index in [1.54, 1.807) is 30.2 Å². The van der Waals surface area contributed by atoms with Gasteiger partial charge in [0, 0.05) is 46.9 Å². The minimum absolute atomic E-state index is 0.231. The van der Waals surface area contributed by atoms with Crippen LogP contribution in [0.25, 0.3) is 22.3 Å². The molecule has 2 aromatic heterocycles. The van der Waals surface area contributed by atoms with Gasteiger partial charge >= 0.3 is 10.2 Å². The maximum absolute atomic E-state index is 13.1. The smallest absolute Gasteiger partial charge is 0.304 e. The van der Waals surface area contributed by atoms with E-state index in [0.29, 0.717) is 34.4 Å². The molecule has 7 nitrogen and oxygen atoms in total. The van der Waals surface area contributed by atoms with Gasteiger partial charge in [-0.15, -0.1) is 11.8 Å². The Morgan fingerprint density at radius 2 is 2.10 bits per heavy atom. The summed E-state index contributed by atoms with van der Waals surface area (Å²) >= 11 is 7.65. The molecule has 2 aliphatic heterocycles. The van der Waals surface area contributed by atoms with Crippen molar-refractivity contribution in [3.8, 4) is 17.4 Å². The third-order valence-electron chi connectivity index (χ3n) is 5.07. The van der Waals surface area contributed by atoms with Gasteiger partial charge in [0.25, 0.3) is 0 Å². The molecule has 148 valence electrons. The summed E-state index contributed by atoms with van der Waals surface area (Å²) in [6.07, 6.45) is 3.26. The van der Waals surface area contributed by atoms with Crippen molar-refractivity contribution in [1.82, 2.24) is 9.29 Å². The van der Waals surface area contributed by atoms with Crippen LogP contribution in [0, 0.1) is 17.2 Å². The highest BCUT2D eigenvalue weighted by Crippen LogP contribution is 2.44. The molecule has 2 aliphatic rings. The van der Waals surface area contributed by atoms with Crippen LogP contribution >= 0.6 is 23.4 Å². The minimum Gasteiger partial charge on any atom is -0.456 e. The van der Waals surface area contributed by atoms with Crippen molar-refractivity contribution in [2.45, 2.75) is 4.90 Å². The number of anilines is 1. The van der Waals surface area contributed by atoms with Gasteiger partial charge in [-0.3, -0.25) is 9.29 Å². The molecule has 29 heavy (non-hydrogen) atoms. The Morgan fingerprint density at radius 1 is 1.28 bits per heavy atom. The van der Waals surface area contributed by atoms with Gasteiger partial charge in [-0.05, 0) is 24.3 Å². The van der Waals surface area contributed by atoms with Crippen LogP contribution in [0.4, 0.5) is 5.69 Å². The predicted molar refractivity (Wildman–Crippen MR) is 112 cm³/mol. The summed E-state index contributed by atoms with van der Waals surface area (Å²) in [5.41, 5.74) is 1.99. The SMILES string of the molecule is N#CC1CN(S(=O)(=O)N2CCSc3c(-c4cc5cc(Cl)ccc5o4)cncc32)C1. The van der Waals surface area contributed by atoms with E-state index in [0.717, 1.165) is 15.8 Å². The van der Waals surface area contributed by atoms with E-state index >= 15 is 0 Å². The van der Waals surface area contributed by atoms with Gasteiger partial charge in [-0.25, -0.2) is 0 Å². The highest BCUT2D eigenvalue weighted by Gasteiger charge is 2.41. The number of thioether (sulfide) groups is 1. The van der Waals surface area contributed by atoms with Crippen LogP contribution in [0.3, 0.4) is 0 Å². The lowest BCUT2D eigenvalue weighted by Gasteiger charge is -2.40. The van der Waals surface area contributed by atoms with E-state index in [9.17, 15) is 8.42 Å². The first-order valence-corrected chi connectivity index (χ1v) is 11.7. The van der Waals surface area contributed by atoms with Crippen LogP contribution in [-0.2, 0) is 10.2 Å². The molecule has 0 atom stereocenters. The number of nitrogens with zero attached hydrogens (tertiary/aromatic N) is 4. The monoisotopic (exact) mass is 446 g/mol. The fourth-order valence-electron chi connectivity index (χ4n) is 3.53. The quantitative estimate of drug-likeness (QED) is 0.608. The maximum atomic E-state index is 13.1. The Balaban J connectivity index is 1.56. The zero-order chi connectivity index (χ0) is 20.2. The summed E-state index contributed by atoms with van der Waals surface area (Å²) in [5, 5.41) is 10.5. The van der Waals surface area contributed by atoms with E-state index in [4.69, 9.17) is 21.3 Å². The molecular formula is C19H15ClN4O3S2. The lowest BCUT2D eigenvalue weighted by atomic mass is 10.1. The third kappa shape index (κ3) is 3.07. The largest absolute Gasteiger partial charge is 0.456 e. The summed E-state index contributed by atoms with van der Waals surface area (Å²) in [7, 11) is -3.70. The van der Waals surface area contributed by atoms with Gasteiger partial charge in [0.1, 0.15) is 11.3 Å². The van der Waals surface area contributed by atoms with Crippen LogP contribution in [0.5, 0.6) is 0 Å². The van der Waals surface area contributed by atoms with Crippen LogP contribution in [0.15, 0.2) is 46.0 Å². The van der Waals surface area contributed by atoms with E-state index < -0.39 is 10.2 Å². The predicted octanol–water partition coefficient (Wildman–Crippen LogP) is 3.76. The molecular weight excluding hydrogens is 432 g/mol. The van der Waals surface area contributed by atoms with Crippen LogP contribution in [0.2, 0.25) is 5.02 Å². The summed E-state index contributed by atoms with van der Waals surface area (Å²) in [6.45, 7) is 0.819. The Morgan fingerprint density at radius 3 is 2.90 bits per heavy atom. The average molecular weight is 447 g/mol. The lowest BCUT2D eigenvalue weighted by Crippen LogP contribution is -2.55. The van der Waals surface area contributed by atoms with Gasteiger partial charge in [0.15, 0.2) is 0 Å². The van der Waals surface area contributed by atoms with E-state index in [2.05, 4.69) is 11.1 Å². The summed E-state index contributed by atoms with van der Waals surface area (Å²) in [6, 6.07) is 9.40. The molecule has 4 heterocycles. The van der Waals surface area contributed by atoms with E-state index in [1.807, 2.05) is 18.2 Å². The molecule has 0 aliphatic carbocycles. The van der Waals surface area contributed by atoms with Gasteiger partial charge in [-0.2, -0.15) is 18.0 Å². The van der Waals surface area contributed by atoms with Crippen molar-refractivity contribution < 1.29 is 12.8 Å². The van der Waals surface area contributed by atoms with Crippen molar-refractivity contribution in [3.05, 3.63) is 41.7 Å². The second-order valence-electron chi connectivity index (χ2n) is 6.90. The number of hydrogen-bond donors (Lipinski definition) is 0. The number of aromatic nitrogens is 1. The number of hydrogen-bond acceptors (Lipinski definition) is 6. The molecule has 3 aromatic rings. The Kier molecular flexibility index (Phi) is 4.47. The number of rotatable bonds is 3. The highest BCUT2D eigenvalue weighted by molar-refractivity contribution is 8.00. The van der Waals surface area contributed by atoms with Gasteiger partial charge < -0.3 is 4.42 Å². The first-order valence-electron chi connectivity index (χ1n) is 8.95. The summed E-state index contributed by atoms with van der Waals surface area (Å²) in [4.78, 5) is 5.10. The van der Waals surface area contributed by atoms with Crippen molar-refractivity contribution in [2.24, 2.45) is 5.92 Å². The van der Waals surface area contributed by atoms with Gasteiger partial charge in [0.2, 0.25) is 0 Å². The molecule has 1 aromatic carbocycles. The van der Waals surface area contributed by atoms with Crippen LogP contribution in [-0.4, -0.2) is 43.1 Å². The molecule has 0 unspecified atom stereocenters. The number of fused-ring (bicyclic) bond motifs is 2. The second-order valence-corrected chi connectivity index (χ2v) is 10.3. The number of nitriles is 1. The molecule has 0 amide bonds. The molecule has 5 rings (SSSR count). The molecule has 0 N–H and O–H groups in total. The Bertz CT molecular complexity index is 1260. The number of halogens is 1. The fraction of sp³-hybridized carbons (Fsp3) is 0.263. The first kappa shape index (κ1) is 18.8. The van der Waals surface area contributed by atoms with Crippen molar-refractivity contribution in [3.63, 3.8) is 0 Å². The molecule has 1 saturated heterocycles. The first-order chi connectivity index (χ1) is 14.0. The number of furan rings is 1. The molecule has 0 saturated carbocycles. The Hall–Kier alpha value is -2.25. The number of pyridine rings is 1. The summed E-state index contributed by atoms with van der Waals surface area (Å²) in [5.74, 6) is 0.993. The lowest BCUT2D eigenvalue weighted by molar-refractivity contribution is 0.248. The summed E-state index contributed by atoms with van der Waals surface area (Å²) < 4.78 is 34.9. The zero-order valence-corrected chi connectivity index (χ0v) is 17.5. The normalized spacial score (nSPS) is 17.7. The third-order valence-corrected chi connectivity index (χ3v) is 8.29. The van der Waals surface area contributed by atoms with E-state index in [1.165, 1.54) is 8.61 Å². The molecule has 1 fully saturated rings. The van der Waals surface area contributed by atoms with Crippen LogP contribution in [0.1, 0.15) is 0 Å². The van der Waals surface area contributed by atoms with Gasteiger partial charge in [0.05, 0.1) is 29.4 Å². The second kappa shape index (κ2) is 6.92. The van der Waals surface area contributed by atoms with E-state index in [-0.39, 0.29) is 19.0 Å². The standard InChI is InChI=1S/C19H15ClN4O3S2/c20-14-1-2-17-13(5-14)6-18(27-17)15-8-22-9-16-19(15)28-4-3-24(16)29(25,26)23-10-12(7-21)11-23/h1-2,5-6,8-9,12H,3-4,10-11H2. The van der Waals surface area contributed by atoms with Gasteiger partial charge in [-0.1, -0.05) is 11.6 Å². The van der Waals surface area contributed by atoms with Crippen molar-refractivity contribution in [2.75, 3.05) is 29.7 Å². The van der Waals surface area contributed by atoms with Crippen molar-refractivity contribution >= 4 is 50.2 Å². The molecule has 0 radical (unpaired) electrons. The topological polar surface area (TPSA) is 90.4 Å². The minimum atomic E-state index is -3.70. The molecule has 0 bridgehead atoms. The Labute approximate surface area is 177 Å². The molecule has 10 heteroatoms. The van der Waals surface area contributed by atoms with Crippen molar-refractivity contribution in [1.29, 1.82) is 5.26 Å². The highest BCUT2D eigenvalue weighted by atomic mass is 35.5. The number of benzene rings is 1. The fourth-order valence-corrected chi connectivity index (χ4v) is 6.70. The van der Waals surface area contributed by atoms with Crippen LogP contribution < -0.4 is 4.31 Å². The average Bonchev–Trinajstić information content (AvgIpc) is 3.09. The maximum Gasteiger partial charge on any atom is 0.304 e.